The Labute approximate surface area is 171 Å². The minimum Gasteiger partial charge on any atom is -0.490 e. The van der Waals surface area contributed by atoms with Gasteiger partial charge in [0.15, 0.2) is 10.8 Å². The van der Waals surface area contributed by atoms with Gasteiger partial charge in [0.05, 0.1) is 23.3 Å². The lowest BCUT2D eigenvalue weighted by Gasteiger charge is -2.12. The van der Waals surface area contributed by atoms with Gasteiger partial charge in [-0.3, -0.25) is 0 Å². The molecule has 0 N–H and O–H groups in total. The molecule has 0 fully saturated rings. The Morgan fingerprint density at radius 3 is 2.32 bits per heavy atom. The molecule has 0 amide bonds. The fraction of sp³-hybridized carbons (Fsp3) is 0.294. The second-order valence-electron chi connectivity index (χ2n) is 5.01. The van der Waals surface area contributed by atoms with Gasteiger partial charge < -0.3 is 14.2 Å². The van der Waals surface area contributed by atoms with Crippen molar-refractivity contribution < 1.29 is 14.2 Å². The first-order chi connectivity index (χ1) is 12.0. The molecule has 1 aromatic heterocycles. The second kappa shape index (κ2) is 10.4. The molecule has 0 bridgehead atoms. The minimum absolute atomic E-state index is 0.136. The smallest absolute Gasteiger partial charge is 0.173 e. The third kappa shape index (κ3) is 7.16. The average Bonchev–Trinajstić information content (AvgIpc) is 2.94. The quantitative estimate of drug-likeness (QED) is 0.395. The molecule has 0 aliphatic rings. The van der Waals surface area contributed by atoms with Gasteiger partial charge >= 0.3 is 0 Å². The summed E-state index contributed by atoms with van der Waals surface area (Å²) in [6, 6.07) is 5.26. The van der Waals surface area contributed by atoms with Gasteiger partial charge in [-0.2, -0.15) is 0 Å². The Balaban J connectivity index is 1.80. The molecule has 0 saturated carbocycles. The highest BCUT2D eigenvalue weighted by atomic mass is 35.5. The Bertz CT molecular complexity index is 703. The van der Waals surface area contributed by atoms with Gasteiger partial charge in [0.1, 0.15) is 16.8 Å². The van der Waals surface area contributed by atoms with E-state index in [4.69, 9.17) is 60.6 Å². The lowest BCUT2D eigenvalue weighted by atomic mass is 10.3. The van der Waals surface area contributed by atoms with Crippen LogP contribution in [0, 0.1) is 6.92 Å². The molecule has 0 aliphatic heterocycles. The summed E-state index contributed by atoms with van der Waals surface area (Å²) < 4.78 is 16.9. The fourth-order valence-electron chi connectivity index (χ4n) is 1.85. The highest BCUT2D eigenvalue weighted by molar-refractivity contribution is 7.12. The lowest BCUT2D eigenvalue weighted by molar-refractivity contribution is 0.251. The number of thiophene rings is 1. The molecular weight excluding hydrogens is 426 g/mol. The van der Waals surface area contributed by atoms with Crippen LogP contribution in [0.2, 0.25) is 10.0 Å². The van der Waals surface area contributed by atoms with Crippen molar-refractivity contribution in [1.29, 1.82) is 0 Å². The van der Waals surface area contributed by atoms with E-state index in [0.29, 0.717) is 41.2 Å². The zero-order chi connectivity index (χ0) is 18.2. The predicted molar refractivity (Wildman–Crippen MR) is 106 cm³/mol. The van der Waals surface area contributed by atoms with Crippen LogP contribution in [0.3, 0.4) is 0 Å². The van der Waals surface area contributed by atoms with Crippen LogP contribution in [0.1, 0.15) is 12.0 Å². The molecule has 8 heteroatoms. The van der Waals surface area contributed by atoms with Crippen LogP contribution < -0.4 is 14.2 Å². The first kappa shape index (κ1) is 20.5. The Kier molecular flexibility index (Phi) is 8.53. The molecule has 0 aliphatic carbocycles. The standard InChI is InChI=1S/C17H16Cl4O3S/c1-11-7-16(25-10-11)23-4-2-5-24-17-13(18)8-12(9-14(17)19)22-6-3-15(20)21/h3,7-10H,2,4-6H2,1H3. The van der Waals surface area contributed by atoms with Gasteiger partial charge in [-0.25, -0.2) is 0 Å². The third-order valence-corrected chi connectivity index (χ3v) is 4.77. The summed E-state index contributed by atoms with van der Waals surface area (Å²) in [4.78, 5) is 0. The first-order valence-electron chi connectivity index (χ1n) is 7.39. The summed E-state index contributed by atoms with van der Waals surface area (Å²) >= 11 is 25.0. The van der Waals surface area contributed by atoms with E-state index >= 15 is 0 Å². The number of hydrogen-bond acceptors (Lipinski definition) is 4. The van der Waals surface area contributed by atoms with Crippen molar-refractivity contribution in [3.63, 3.8) is 0 Å². The Morgan fingerprint density at radius 1 is 1.04 bits per heavy atom. The van der Waals surface area contributed by atoms with Crippen LogP contribution in [0.15, 0.2) is 34.1 Å². The number of ether oxygens (including phenoxy) is 3. The summed E-state index contributed by atoms with van der Waals surface area (Å²) in [7, 11) is 0. The number of rotatable bonds is 9. The summed E-state index contributed by atoms with van der Waals surface area (Å²) in [5.41, 5.74) is 1.20. The average molecular weight is 442 g/mol. The Hall–Kier alpha value is -0.780. The Morgan fingerprint density at radius 2 is 1.72 bits per heavy atom. The van der Waals surface area contributed by atoms with E-state index in [9.17, 15) is 0 Å². The van der Waals surface area contributed by atoms with Gasteiger partial charge in [-0.1, -0.05) is 46.4 Å². The maximum Gasteiger partial charge on any atom is 0.173 e. The normalized spacial score (nSPS) is 10.4. The summed E-state index contributed by atoms with van der Waals surface area (Å²) in [5.74, 6) is 0.929. The van der Waals surface area contributed by atoms with Crippen molar-refractivity contribution in [2.45, 2.75) is 13.3 Å². The molecule has 1 aromatic carbocycles. The molecule has 1 heterocycles. The largest absolute Gasteiger partial charge is 0.490 e. The van der Waals surface area contributed by atoms with Crippen LogP contribution >= 0.6 is 57.7 Å². The maximum absolute atomic E-state index is 6.20. The first-order valence-corrected chi connectivity index (χ1v) is 9.78. The van der Waals surface area contributed by atoms with Crippen LogP contribution in [-0.4, -0.2) is 19.8 Å². The minimum atomic E-state index is 0.136. The van der Waals surface area contributed by atoms with Gasteiger partial charge in [-0.05, 0) is 30.0 Å². The molecule has 0 unspecified atom stereocenters. The number of halogens is 4. The molecule has 2 aromatic rings. The van der Waals surface area contributed by atoms with Crippen molar-refractivity contribution in [2.75, 3.05) is 19.8 Å². The van der Waals surface area contributed by atoms with Gasteiger partial charge in [-0.15, -0.1) is 11.3 Å². The monoisotopic (exact) mass is 440 g/mol. The predicted octanol–water partition coefficient (Wildman–Crippen LogP) is 6.91. The van der Waals surface area contributed by atoms with Crippen LogP contribution in [0.25, 0.3) is 0 Å². The molecular formula is C17H16Cl4O3S. The fourth-order valence-corrected chi connectivity index (χ4v) is 3.32. The summed E-state index contributed by atoms with van der Waals surface area (Å²) in [6.07, 6.45) is 2.23. The van der Waals surface area contributed by atoms with Crippen molar-refractivity contribution in [2.24, 2.45) is 0 Å². The SMILES string of the molecule is Cc1csc(OCCCOc2c(Cl)cc(OCC=C(Cl)Cl)cc2Cl)c1. The highest BCUT2D eigenvalue weighted by Gasteiger charge is 2.10. The molecule has 0 radical (unpaired) electrons. The van der Waals surface area contributed by atoms with Crippen molar-refractivity contribution >= 4 is 57.7 Å². The van der Waals surface area contributed by atoms with Crippen molar-refractivity contribution in [3.8, 4) is 16.6 Å². The van der Waals surface area contributed by atoms with Crippen LogP contribution in [-0.2, 0) is 0 Å². The molecule has 0 saturated heterocycles. The third-order valence-electron chi connectivity index (χ3n) is 2.95. The van der Waals surface area contributed by atoms with E-state index in [2.05, 4.69) is 0 Å². The topological polar surface area (TPSA) is 27.7 Å². The van der Waals surface area contributed by atoms with E-state index in [-0.39, 0.29) is 11.1 Å². The zero-order valence-electron chi connectivity index (χ0n) is 13.4. The van der Waals surface area contributed by atoms with E-state index in [1.54, 1.807) is 23.5 Å². The zero-order valence-corrected chi connectivity index (χ0v) is 17.2. The number of aryl methyl sites for hydroxylation is 1. The second-order valence-corrected chi connectivity index (χ2v) is 7.71. The lowest BCUT2D eigenvalue weighted by Crippen LogP contribution is -2.05. The number of hydrogen-bond donors (Lipinski definition) is 0. The maximum atomic E-state index is 6.20. The molecule has 0 atom stereocenters. The molecule has 3 nitrogen and oxygen atoms in total. The summed E-state index contributed by atoms with van der Waals surface area (Å²) in [5, 5.41) is 3.70. The molecule has 136 valence electrons. The summed E-state index contributed by atoms with van der Waals surface area (Å²) in [6.45, 7) is 3.25. The van der Waals surface area contributed by atoms with E-state index in [0.717, 1.165) is 5.06 Å². The molecule has 2 rings (SSSR count). The van der Waals surface area contributed by atoms with Crippen LogP contribution in [0.4, 0.5) is 0 Å². The van der Waals surface area contributed by atoms with Crippen molar-refractivity contribution in [3.05, 3.63) is 49.8 Å². The van der Waals surface area contributed by atoms with Gasteiger partial charge in [0, 0.05) is 18.6 Å². The molecule has 0 spiro atoms. The van der Waals surface area contributed by atoms with E-state index in [1.807, 2.05) is 18.4 Å². The van der Waals surface area contributed by atoms with Crippen LogP contribution in [0.5, 0.6) is 16.6 Å². The van der Waals surface area contributed by atoms with E-state index < -0.39 is 0 Å². The van der Waals surface area contributed by atoms with Gasteiger partial charge in [0.25, 0.3) is 0 Å². The molecule has 25 heavy (non-hydrogen) atoms. The number of benzene rings is 1. The van der Waals surface area contributed by atoms with E-state index in [1.165, 1.54) is 11.6 Å². The van der Waals surface area contributed by atoms with Gasteiger partial charge in [0.2, 0.25) is 0 Å². The van der Waals surface area contributed by atoms with Crippen molar-refractivity contribution in [1.82, 2.24) is 0 Å². The highest BCUT2D eigenvalue weighted by Crippen LogP contribution is 2.37.